The normalized spacial score (nSPS) is 15.5. The molecule has 1 amide bonds. The summed E-state index contributed by atoms with van der Waals surface area (Å²) in [5.41, 5.74) is 3.19. The smallest absolute Gasteiger partial charge is 0.227 e. The third-order valence-electron chi connectivity index (χ3n) is 4.28. The highest BCUT2D eigenvalue weighted by Crippen LogP contribution is 2.27. The van der Waals surface area contributed by atoms with Crippen LogP contribution < -0.4 is 10.2 Å². The molecule has 4 nitrogen and oxygen atoms in total. The molecular formula is C18H20BrN3O. The number of nitrogens with zero attached hydrogens (tertiary/aromatic N) is 2. The Bertz CT molecular complexity index is 682. The summed E-state index contributed by atoms with van der Waals surface area (Å²) in [4.78, 5) is 18.8. The number of halogens is 1. The zero-order valence-electron chi connectivity index (χ0n) is 13.1. The summed E-state index contributed by atoms with van der Waals surface area (Å²) in [6, 6.07) is 10.0. The zero-order valence-corrected chi connectivity index (χ0v) is 14.7. The molecule has 120 valence electrons. The quantitative estimate of drug-likeness (QED) is 0.883. The van der Waals surface area contributed by atoms with Crippen molar-refractivity contribution in [1.29, 1.82) is 0 Å². The van der Waals surface area contributed by atoms with E-state index >= 15 is 0 Å². The highest BCUT2D eigenvalue weighted by Gasteiger charge is 2.25. The number of amides is 1. The number of carbonyl (C=O) groups is 1. The molecule has 23 heavy (non-hydrogen) atoms. The van der Waals surface area contributed by atoms with Crippen molar-refractivity contribution in [3.05, 3.63) is 52.8 Å². The van der Waals surface area contributed by atoms with Crippen molar-refractivity contribution >= 4 is 33.2 Å². The summed E-state index contributed by atoms with van der Waals surface area (Å²) in [6.45, 7) is 3.83. The van der Waals surface area contributed by atoms with Gasteiger partial charge in [-0.2, -0.15) is 0 Å². The predicted molar refractivity (Wildman–Crippen MR) is 96.7 cm³/mol. The molecule has 2 aromatic rings. The van der Waals surface area contributed by atoms with E-state index in [-0.39, 0.29) is 11.8 Å². The Morgan fingerprint density at radius 3 is 2.57 bits per heavy atom. The zero-order chi connectivity index (χ0) is 16.2. The van der Waals surface area contributed by atoms with E-state index in [9.17, 15) is 4.79 Å². The lowest BCUT2D eigenvalue weighted by Crippen LogP contribution is -2.38. The first-order valence-corrected chi connectivity index (χ1v) is 8.65. The molecular weight excluding hydrogens is 354 g/mol. The molecule has 3 rings (SSSR count). The van der Waals surface area contributed by atoms with Crippen LogP contribution in [-0.4, -0.2) is 24.0 Å². The van der Waals surface area contributed by atoms with Gasteiger partial charge < -0.3 is 10.2 Å². The number of rotatable bonds is 3. The van der Waals surface area contributed by atoms with Gasteiger partial charge in [0, 0.05) is 41.6 Å². The molecule has 1 aliphatic rings. The Balaban J connectivity index is 1.58. The highest BCUT2D eigenvalue weighted by molar-refractivity contribution is 9.10. The first-order chi connectivity index (χ1) is 11.1. The van der Waals surface area contributed by atoms with E-state index in [1.165, 1.54) is 11.3 Å². The molecule has 0 spiro atoms. The fraction of sp³-hybridized carbons (Fsp3) is 0.333. The van der Waals surface area contributed by atoms with Gasteiger partial charge in [-0.3, -0.25) is 9.78 Å². The average Bonchev–Trinajstić information content (AvgIpc) is 2.58. The Hall–Kier alpha value is -1.88. The molecule has 1 saturated heterocycles. The van der Waals surface area contributed by atoms with Crippen LogP contribution >= 0.6 is 15.9 Å². The number of benzene rings is 1. The number of aryl methyl sites for hydroxylation is 1. The molecule has 0 unspecified atom stereocenters. The van der Waals surface area contributed by atoms with Crippen molar-refractivity contribution in [3.8, 4) is 0 Å². The van der Waals surface area contributed by atoms with Crippen LogP contribution in [0.1, 0.15) is 18.4 Å². The molecule has 0 atom stereocenters. The number of hydrogen-bond acceptors (Lipinski definition) is 3. The van der Waals surface area contributed by atoms with Crippen molar-refractivity contribution in [2.75, 3.05) is 23.3 Å². The van der Waals surface area contributed by atoms with E-state index in [0.717, 1.165) is 36.1 Å². The molecule has 1 fully saturated rings. The molecule has 0 aliphatic carbocycles. The van der Waals surface area contributed by atoms with Crippen LogP contribution in [0.15, 0.2) is 47.2 Å². The Labute approximate surface area is 145 Å². The van der Waals surface area contributed by atoms with Crippen molar-refractivity contribution in [3.63, 3.8) is 0 Å². The number of carbonyl (C=O) groups excluding carboxylic acids is 1. The van der Waals surface area contributed by atoms with Gasteiger partial charge in [-0.25, -0.2) is 0 Å². The monoisotopic (exact) mass is 373 g/mol. The lowest BCUT2D eigenvalue weighted by atomic mass is 9.95. The lowest BCUT2D eigenvalue weighted by molar-refractivity contribution is -0.120. The minimum Gasteiger partial charge on any atom is -0.371 e. The lowest BCUT2D eigenvalue weighted by Gasteiger charge is -2.33. The summed E-state index contributed by atoms with van der Waals surface area (Å²) in [7, 11) is 0. The third kappa shape index (κ3) is 3.91. The number of nitrogens with one attached hydrogen (secondary N) is 1. The predicted octanol–water partition coefficient (Wildman–Crippen LogP) is 4.01. The second kappa shape index (κ2) is 7.13. The van der Waals surface area contributed by atoms with Gasteiger partial charge in [0.1, 0.15) is 0 Å². The fourth-order valence-electron chi connectivity index (χ4n) is 2.91. The molecule has 0 radical (unpaired) electrons. The molecule has 1 aromatic carbocycles. The maximum atomic E-state index is 12.5. The number of anilines is 2. The molecule has 0 saturated carbocycles. The van der Waals surface area contributed by atoms with Crippen molar-refractivity contribution in [2.45, 2.75) is 19.8 Å². The van der Waals surface area contributed by atoms with Gasteiger partial charge in [0.15, 0.2) is 0 Å². The maximum Gasteiger partial charge on any atom is 0.227 e. The number of aromatic nitrogens is 1. The van der Waals surface area contributed by atoms with Crippen LogP contribution in [0, 0.1) is 12.8 Å². The second-order valence-corrected chi connectivity index (χ2v) is 6.79. The van der Waals surface area contributed by atoms with Gasteiger partial charge in [-0.15, -0.1) is 0 Å². The van der Waals surface area contributed by atoms with E-state index in [4.69, 9.17) is 0 Å². The highest BCUT2D eigenvalue weighted by atomic mass is 79.9. The Morgan fingerprint density at radius 2 is 1.91 bits per heavy atom. The third-order valence-corrected chi connectivity index (χ3v) is 4.93. The van der Waals surface area contributed by atoms with Crippen molar-refractivity contribution in [2.24, 2.45) is 5.92 Å². The molecule has 5 heteroatoms. The SMILES string of the molecule is Cc1ccc(NC(=O)C2CCN(c3ccncc3)CC2)c(Br)c1. The summed E-state index contributed by atoms with van der Waals surface area (Å²) < 4.78 is 0.931. The average molecular weight is 374 g/mol. The number of hydrogen-bond donors (Lipinski definition) is 1. The largest absolute Gasteiger partial charge is 0.371 e. The van der Waals surface area contributed by atoms with Crippen LogP contribution in [0.4, 0.5) is 11.4 Å². The van der Waals surface area contributed by atoms with Crippen molar-refractivity contribution in [1.82, 2.24) is 4.98 Å². The molecule has 1 aliphatic heterocycles. The van der Waals surface area contributed by atoms with Gasteiger partial charge in [-0.05, 0) is 65.5 Å². The van der Waals surface area contributed by atoms with Gasteiger partial charge in [0.2, 0.25) is 5.91 Å². The van der Waals surface area contributed by atoms with Crippen molar-refractivity contribution < 1.29 is 4.79 Å². The Kier molecular flexibility index (Phi) is 4.96. The van der Waals surface area contributed by atoms with Gasteiger partial charge in [0.25, 0.3) is 0 Å². The van der Waals surface area contributed by atoms with Gasteiger partial charge in [0.05, 0.1) is 5.69 Å². The molecule has 1 N–H and O–H groups in total. The van der Waals surface area contributed by atoms with Crippen LogP contribution in [0.3, 0.4) is 0 Å². The summed E-state index contributed by atoms with van der Waals surface area (Å²) in [5.74, 6) is 0.185. The standard InChI is InChI=1S/C18H20BrN3O/c1-13-2-3-17(16(19)12-13)21-18(23)14-6-10-22(11-7-14)15-4-8-20-9-5-15/h2-5,8-9,12,14H,6-7,10-11H2,1H3,(H,21,23). The van der Waals surface area contributed by atoms with Gasteiger partial charge in [-0.1, -0.05) is 6.07 Å². The molecule has 2 heterocycles. The number of pyridine rings is 1. The second-order valence-electron chi connectivity index (χ2n) is 5.94. The number of piperidine rings is 1. The summed E-state index contributed by atoms with van der Waals surface area (Å²) in [6.07, 6.45) is 5.36. The summed E-state index contributed by atoms with van der Waals surface area (Å²) in [5, 5.41) is 3.05. The first-order valence-electron chi connectivity index (χ1n) is 7.85. The maximum absolute atomic E-state index is 12.5. The fourth-order valence-corrected chi connectivity index (χ4v) is 3.50. The van der Waals surface area contributed by atoms with Gasteiger partial charge >= 0.3 is 0 Å². The van der Waals surface area contributed by atoms with E-state index in [2.05, 4.69) is 31.1 Å². The van der Waals surface area contributed by atoms with Crippen LogP contribution in [-0.2, 0) is 4.79 Å². The van der Waals surface area contributed by atoms with Crippen LogP contribution in [0.5, 0.6) is 0 Å². The molecule has 0 bridgehead atoms. The first kappa shape index (κ1) is 16.0. The summed E-state index contributed by atoms with van der Waals surface area (Å²) >= 11 is 3.51. The van der Waals surface area contributed by atoms with E-state index in [1.807, 2.05) is 49.6 Å². The van der Waals surface area contributed by atoms with E-state index < -0.39 is 0 Å². The van der Waals surface area contributed by atoms with E-state index in [0.29, 0.717) is 0 Å². The van der Waals surface area contributed by atoms with Crippen LogP contribution in [0.25, 0.3) is 0 Å². The minimum atomic E-state index is 0.0706. The Morgan fingerprint density at radius 1 is 1.22 bits per heavy atom. The van der Waals surface area contributed by atoms with E-state index in [1.54, 1.807) is 0 Å². The molecule has 1 aromatic heterocycles. The van der Waals surface area contributed by atoms with Crippen LogP contribution in [0.2, 0.25) is 0 Å². The minimum absolute atomic E-state index is 0.0706. The topological polar surface area (TPSA) is 45.2 Å².